The molecule has 1 aromatic carbocycles. The fraction of sp³-hybridized carbons (Fsp3) is 0.556. The number of likely N-dealkylation sites (N-methyl/N-ethyl adjacent to an activating group) is 1. The van der Waals surface area contributed by atoms with Crippen molar-refractivity contribution in [3.63, 3.8) is 0 Å². The maximum Gasteiger partial charge on any atom is 0.253 e. The maximum atomic E-state index is 12.6. The quantitative estimate of drug-likeness (QED) is 0.850. The molecule has 0 aliphatic carbocycles. The molecular formula is C18H23N3O2. The summed E-state index contributed by atoms with van der Waals surface area (Å²) in [6, 6.07) is 8.96. The van der Waals surface area contributed by atoms with E-state index < -0.39 is 0 Å². The van der Waals surface area contributed by atoms with Crippen LogP contribution in [0.4, 0.5) is 0 Å². The van der Waals surface area contributed by atoms with Crippen molar-refractivity contribution in [1.82, 2.24) is 9.80 Å². The first-order valence-corrected chi connectivity index (χ1v) is 8.14. The molecule has 23 heavy (non-hydrogen) atoms. The monoisotopic (exact) mass is 313 g/mol. The third-order valence-electron chi connectivity index (χ3n) is 4.89. The molecule has 2 fully saturated rings. The zero-order chi connectivity index (χ0) is 16.4. The number of rotatable bonds is 3. The Morgan fingerprint density at radius 2 is 2.13 bits per heavy atom. The highest BCUT2D eigenvalue weighted by molar-refractivity contribution is 5.94. The number of nitrogens with zero attached hydrogens (tertiary/aromatic N) is 3. The van der Waals surface area contributed by atoms with Crippen LogP contribution in [0.15, 0.2) is 24.3 Å². The van der Waals surface area contributed by atoms with Crippen LogP contribution in [0.25, 0.3) is 0 Å². The van der Waals surface area contributed by atoms with Crippen LogP contribution in [-0.4, -0.2) is 62.1 Å². The van der Waals surface area contributed by atoms with Crippen molar-refractivity contribution in [3.05, 3.63) is 35.4 Å². The Bertz CT molecular complexity index is 606. The summed E-state index contributed by atoms with van der Waals surface area (Å²) in [5, 5.41) is 8.84. The number of carbonyl (C=O) groups excluding carboxylic acids is 1. The van der Waals surface area contributed by atoms with Crippen LogP contribution in [0.2, 0.25) is 0 Å². The molecule has 1 amide bonds. The second-order valence-electron chi connectivity index (χ2n) is 6.79. The fourth-order valence-electron chi connectivity index (χ4n) is 3.69. The number of ether oxygens (including phenoxy) is 1. The van der Waals surface area contributed by atoms with E-state index in [0.29, 0.717) is 29.1 Å². The largest absolute Gasteiger partial charge is 0.376 e. The Kier molecular flexibility index (Phi) is 4.65. The summed E-state index contributed by atoms with van der Waals surface area (Å²) < 4.78 is 5.96. The summed E-state index contributed by atoms with van der Waals surface area (Å²) in [7, 11) is 4.14. The fourth-order valence-corrected chi connectivity index (χ4v) is 3.69. The van der Waals surface area contributed by atoms with Gasteiger partial charge in [0, 0.05) is 31.1 Å². The number of piperidine rings is 1. The average molecular weight is 313 g/mol. The van der Waals surface area contributed by atoms with E-state index in [9.17, 15) is 4.79 Å². The molecule has 0 bridgehead atoms. The highest BCUT2D eigenvalue weighted by Gasteiger charge is 2.41. The van der Waals surface area contributed by atoms with E-state index in [1.807, 2.05) is 4.90 Å². The standard InChI is InChI=1S/C18H23N3O2/c1-20(2)11-17-16-7-8-21(10-15(16)12-23-17)18(22)14-5-3-13(9-19)4-6-14/h3-6,15-17H,7-8,10-12H2,1-2H3/t15-,16-,17-/m1/s1. The number of carbonyl (C=O) groups is 1. The molecule has 1 aromatic rings. The van der Waals surface area contributed by atoms with E-state index in [1.54, 1.807) is 24.3 Å². The second kappa shape index (κ2) is 6.69. The van der Waals surface area contributed by atoms with Crippen LogP contribution in [0.3, 0.4) is 0 Å². The summed E-state index contributed by atoms with van der Waals surface area (Å²) in [5.74, 6) is 1.06. The van der Waals surface area contributed by atoms with Gasteiger partial charge in [0.2, 0.25) is 0 Å². The molecule has 0 spiro atoms. The molecule has 3 atom stereocenters. The predicted molar refractivity (Wildman–Crippen MR) is 87.0 cm³/mol. The molecule has 0 saturated carbocycles. The molecule has 5 nitrogen and oxygen atoms in total. The van der Waals surface area contributed by atoms with Crippen molar-refractivity contribution in [2.75, 3.05) is 40.3 Å². The van der Waals surface area contributed by atoms with E-state index >= 15 is 0 Å². The SMILES string of the molecule is CN(C)C[C@H]1OC[C@H]2CN(C(=O)c3ccc(C#N)cc3)CC[C@H]21. The topological polar surface area (TPSA) is 56.6 Å². The number of amides is 1. The molecule has 2 aliphatic rings. The van der Waals surface area contributed by atoms with Crippen LogP contribution < -0.4 is 0 Å². The second-order valence-corrected chi connectivity index (χ2v) is 6.79. The van der Waals surface area contributed by atoms with Crippen molar-refractivity contribution in [1.29, 1.82) is 5.26 Å². The van der Waals surface area contributed by atoms with Gasteiger partial charge in [-0.3, -0.25) is 4.79 Å². The van der Waals surface area contributed by atoms with E-state index in [2.05, 4.69) is 25.1 Å². The van der Waals surface area contributed by atoms with Gasteiger partial charge in [-0.1, -0.05) is 0 Å². The van der Waals surface area contributed by atoms with E-state index in [1.165, 1.54) is 0 Å². The summed E-state index contributed by atoms with van der Waals surface area (Å²) >= 11 is 0. The minimum atomic E-state index is 0.0593. The highest BCUT2D eigenvalue weighted by atomic mass is 16.5. The average Bonchev–Trinajstić information content (AvgIpc) is 2.96. The number of fused-ring (bicyclic) bond motifs is 1. The van der Waals surface area contributed by atoms with Gasteiger partial charge in [-0.15, -0.1) is 0 Å². The molecule has 122 valence electrons. The van der Waals surface area contributed by atoms with Crippen LogP contribution in [0, 0.1) is 23.2 Å². The molecular weight excluding hydrogens is 290 g/mol. The molecule has 2 heterocycles. The van der Waals surface area contributed by atoms with Gasteiger partial charge < -0.3 is 14.5 Å². The first-order chi connectivity index (χ1) is 11.1. The molecule has 0 radical (unpaired) electrons. The first kappa shape index (κ1) is 16.0. The van der Waals surface area contributed by atoms with Crippen molar-refractivity contribution >= 4 is 5.91 Å². The number of hydrogen-bond donors (Lipinski definition) is 0. The zero-order valence-corrected chi connectivity index (χ0v) is 13.7. The summed E-state index contributed by atoms with van der Waals surface area (Å²) in [4.78, 5) is 16.7. The van der Waals surface area contributed by atoms with Crippen LogP contribution in [0.1, 0.15) is 22.3 Å². The van der Waals surface area contributed by atoms with Crippen LogP contribution in [-0.2, 0) is 4.74 Å². The van der Waals surface area contributed by atoms with Gasteiger partial charge in [-0.2, -0.15) is 5.26 Å². The smallest absolute Gasteiger partial charge is 0.253 e. The van der Waals surface area contributed by atoms with Gasteiger partial charge in [0.25, 0.3) is 5.91 Å². The van der Waals surface area contributed by atoms with Gasteiger partial charge in [0.15, 0.2) is 0 Å². The third-order valence-corrected chi connectivity index (χ3v) is 4.89. The summed E-state index contributed by atoms with van der Waals surface area (Å²) in [6.07, 6.45) is 1.30. The normalized spacial score (nSPS) is 26.9. The Labute approximate surface area is 137 Å². The van der Waals surface area contributed by atoms with E-state index in [-0.39, 0.29) is 5.91 Å². The Morgan fingerprint density at radius 3 is 2.78 bits per heavy atom. The van der Waals surface area contributed by atoms with Crippen LogP contribution in [0.5, 0.6) is 0 Å². The predicted octanol–water partition coefficient (Wildman–Crippen LogP) is 1.60. The number of nitriles is 1. The summed E-state index contributed by atoms with van der Waals surface area (Å²) in [5.41, 5.74) is 1.24. The van der Waals surface area contributed by atoms with E-state index in [0.717, 1.165) is 32.7 Å². The lowest BCUT2D eigenvalue weighted by atomic mass is 9.84. The number of hydrogen-bond acceptors (Lipinski definition) is 4. The van der Waals surface area contributed by atoms with E-state index in [4.69, 9.17) is 10.00 Å². The van der Waals surface area contributed by atoms with Gasteiger partial charge in [-0.25, -0.2) is 0 Å². The van der Waals surface area contributed by atoms with Crippen molar-refractivity contribution < 1.29 is 9.53 Å². The third kappa shape index (κ3) is 3.39. The molecule has 0 aromatic heterocycles. The maximum absolute atomic E-state index is 12.6. The molecule has 0 N–H and O–H groups in total. The first-order valence-electron chi connectivity index (χ1n) is 8.14. The zero-order valence-electron chi connectivity index (χ0n) is 13.7. The minimum absolute atomic E-state index is 0.0593. The number of benzene rings is 1. The lowest BCUT2D eigenvalue weighted by molar-refractivity contribution is 0.0554. The Hall–Kier alpha value is -1.90. The molecule has 2 aliphatic heterocycles. The van der Waals surface area contributed by atoms with Crippen molar-refractivity contribution in [3.8, 4) is 6.07 Å². The van der Waals surface area contributed by atoms with Gasteiger partial charge >= 0.3 is 0 Å². The van der Waals surface area contributed by atoms with Gasteiger partial charge in [0.05, 0.1) is 24.3 Å². The molecule has 5 heteroatoms. The Balaban J connectivity index is 1.63. The van der Waals surface area contributed by atoms with Gasteiger partial charge in [-0.05, 0) is 50.7 Å². The molecule has 0 unspecified atom stereocenters. The Morgan fingerprint density at radius 1 is 1.39 bits per heavy atom. The highest BCUT2D eigenvalue weighted by Crippen LogP contribution is 2.35. The number of likely N-dealkylation sites (tertiary alicyclic amines) is 1. The molecule has 3 rings (SSSR count). The van der Waals surface area contributed by atoms with Crippen molar-refractivity contribution in [2.24, 2.45) is 11.8 Å². The van der Waals surface area contributed by atoms with Gasteiger partial charge in [0.1, 0.15) is 0 Å². The molecule has 2 saturated heterocycles. The lowest BCUT2D eigenvalue weighted by Crippen LogP contribution is -2.45. The lowest BCUT2D eigenvalue weighted by Gasteiger charge is -2.36. The minimum Gasteiger partial charge on any atom is -0.376 e. The van der Waals surface area contributed by atoms with Crippen molar-refractivity contribution in [2.45, 2.75) is 12.5 Å². The summed E-state index contributed by atoms with van der Waals surface area (Å²) in [6.45, 7) is 3.26. The van der Waals surface area contributed by atoms with Crippen LogP contribution >= 0.6 is 0 Å².